The number of aromatic hydroxyl groups is 1. The van der Waals surface area contributed by atoms with E-state index in [1.54, 1.807) is 24.3 Å². The van der Waals surface area contributed by atoms with Gasteiger partial charge in [0.25, 0.3) is 21.7 Å². The molecule has 0 saturated carbocycles. The van der Waals surface area contributed by atoms with Crippen LogP contribution in [0.5, 0.6) is 5.75 Å². The Hall–Kier alpha value is -4.89. The molecule has 0 radical (unpaired) electrons. The van der Waals surface area contributed by atoms with Crippen LogP contribution in [0.2, 0.25) is 5.02 Å². The van der Waals surface area contributed by atoms with Crippen molar-refractivity contribution in [1.82, 2.24) is 19.6 Å². The van der Waals surface area contributed by atoms with E-state index in [0.29, 0.717) is 53.9 Å². The molecule has 0 unspecified atom stereocenters. The highest BCUT2D eigenvalue weighted by molar-refractivity contribution is 7.92. The number of furan rings is 1. The van der Waals surface area contributed by atoms with E-state index in [-0.39, 0.29) is 5.69 Å². The van der Waals surface area contributed by atoms with Gasteiger partial charge in [-0.1, -0.05) is 17.7 Å². The van der Waals surface area contributed by atoms with E-state index in [2.05, 4.69) is 25.1 Å². The van der Waals surface area contributed by atoms with Crippen molar-refractivity contribution in [3.8, 4) is 17.3 Å². The molecule has 0 bridgehead atoms. The van der Waals surface area contributed by atoms with E-state index in [0.717, 1.165) is 12.1 Å². The number of hydrogen-bond donors (Lipinski definition) is 5. The van der Waals surface area contributed by atoms with E-state index in [9.17, 15) is 22.7 Å². The Kier molecular flexibility index (Phi) is 7.38. The van der Waals surface area contributed by atoms with Gasteiger partial charge in [-0.3, -0.25) is 9.52 Å². The number of hydrogen-bond acceptors (Lipinski definition) is 10. The van der Waals surface area contributed by atoms with E-state index in [1.165, 1.54) is 22.9 Å². The number of amides is 1. The zero-order chi connectivity index (χ0) is 29.3. The number of anilines is 3. The number of nitrogens with one attached hydrogen (secondary N) is 2. The van der Waals surface area contributed by atoms with Crippen molar-refractivity contribution in [3.63, 3.8) is 0 Å². The Balaban J connectivity index is 1.21. The third kappa shape index (κ3) is 5.85. The molecule has 0 spiro atoms. The number of nitrogens with zero attached hydrogens (tertiary/aromatic N) is 4. The number of sulfonamides is 1. The highest BCUT2D eigenvalue weighted by Gasteiger charge is 2.22. The second-order valence-corrected chi connectivity index (χ2v) is 10.9. The van der Waals surface area contributed by atoms with Gasteiger partial charge in [0.1, 0.15) is 23.2 Å². The van der Waals surface area contributed by atoms with Crippen LogP contribution in [-0.4, -0.2) is 45.6 Å². The summed E-state index contributed by atoms with van der Waals surface area (Å²) < 4.78 is 49.2. The first-order valence-electron chi connectivity index (χ1n) is 12.0. The van der Waals surface area contributed by atoms with Gasteiger partial charge in [0, 0.05) is 12.6 Å². The summed E-state index contributed by atoms with van der Waals surface area (Å²) in [6.07, 6.45) is 2.57. The zero-order valence-corrected chi connectivity index (χ0v) is 22.6. The predicted molar refractivity (Wildman–Crippen MR) is 149 cm³/mol. The fourth-order valence-electron chi connectivity index (χ4n) is 3.92. The summed E-state index contributed by atoms with van der Waals surface area (Å²) in [5.41, 5.74) is 11.1. The van der Waals surface area contributed by atoms with Gasteiger partial charge < -0.3 is 26.3 Å². The maximum atomic E-state index is 14.8. The molecule has 13 nitrogen and oxygen atoms in total. The highest BCUT2D eigenvalue weighted by Crippen LogP contribution is 2.32. The van der Waals surface area contributed by atoms with Crippen LogP contribution in [0.25, 0.3) is 17.4 Å². The van der Waals surface area contributed by atoms with Crippen molar-refractivity contribution in [2.45, 2.75) is 17.7 Å². The number of nitrogens with two attached hydrogens (primary N) is 2. The first kappa shape index (κ1) is 27.7. The van der Waals surface area contributed by atoms with Crippen molar-refractivity contribution in [2.24, 2.45) is 5.73 Å². The molecule has 5 aromatic rings. The van der Waals surface area contributed by atoms with Gasteiger partial charge in [-0.25, -0.2) is 12.8 Å². The number of aromatic nitrogens is 4. The predicted octanol–water partition coefficient (Wildman–Crippen LogP) is 3.41. The first-order valence-corrected chi connectivity index (χ1v) is 13.8. The molecular weight excluding hydrogens is 579 g/mol. The van der Waals surface area contributed by atoms with Gasteiger partial charge >= 0.3 is 0 Å². The van der Waals surface area contributed by atoms with Gasteiger partial charge in [0.05, 0.1) is 27.4 Å². The Morgan fingerprint density at radius 1 is 1.17 bits per heavy atom. The van der Waals surface area contributed by atoms with E-state index >= 15 is 0 Å². The average molecular weight is 601 g/mol. The lowest BCUT2D eigenvalue weighted by Crippen LogP contribution is -2.17. The number of fused-ring (bicyclic) bond motifs is 1. The van der Waals surface area contributed by atoms with Gasteiger partial charge in [0.15, 0.2) is 5.76 Å². The maximum absolute atomic E-state index is 14.8. The minimum absolute atomic E-state index is 0.291. The summed E-state index contributed by atoms with van der Waals surface area (Å²) in [7, 11) is -4.36. The van der Waals surface area contributed by atoms with Crippen molar-refractivity contribution >= 4 is 50.6 Å². The standard InChI is InChI=1S/C25H22ClFN8O5S/c26-16-11-14(10-15(22(16)36)23(29)37)41(38,39)34-18-6-5-13(9-17(18)27)3-1-7-30-21-12-20(28)35-25(31-21)32-24(33-35)19-4-2-8-40-19/h2,4-6,8-12,34,36H,1,3,7,28H2,(H2,29,37)(H,30,31,32,33). The number of carbonyl (C=O) groups is 1. The Bertz CT molecular complexity index is 1880. The van der Waals surface area contributed by atoms with Crippen LogP contribution in [0.15, 0.2) is 64.1 Å². The van der Waals surface area contributed by atoms with Crippen LogP contribution >= 0.6 is 11.6 Å². The number of nitrogen functional groups attached to an aromatic ring is 1. The number of primary amides is 1. The minimum atomic E-state index is -4.36. The van der Waals surface area contributed by atoms with Crippen molar-refractivity contribution < 1.29 is 27.1 Å². The molecule has 5 rings (SSSR count). The number of rotatable bonds is 10. The summed E-state index contributed by atoms with van der Waals surface area (Å²) in [6, 6.07) is 10.9. The molecule has 0 aliphatic rings. The Morgan fingerprint density at radius 3 is 2.68 bits per heavy atom. The molecule has 0 fully saturated rings. The van der Waals surface area contributed by atoms with E-state index in [1.807, 2.05) is 0 Å². The van der Waals surface area contributed by atoms with Crippen LogP contribution < -0.4 is 21.5 Å². The monoisotopic (exact) mass is 600 g/mol. The first-order chi connectivity index (χ1) is 19.5. The average Bonchev–Trinajstić information content (AvgIpc) is 3.60. The third-order valence-corrected chi connectivity index (χ3v) is 7.55. The molecule has 16 heteroatoms. The van der Waals surface area contributed by atoms with Crippen LogP contribution in [0.4, 0.5) is 21.7 Å². The molecule has 2 aromatic carbocycles. The molecule has 0 aliphatic heterocycles. The zero-order valence-electron chi connectivity index (χ0n) is 21.0. The van der Waals surface area contributed by atoms with E-state index in [4.69, 9.17) is 27.5 Å². The summed E-state index contributed by atoms with van der Waals surface area (Å²) in [4.78, 5) is 19.8. The van der Waals surface area contributed by atoms with Crippen LogP contribution in [0.1, 0.15) is 22.3 Å². The van der Waals surface area contributed by atoms with Crippen LogP contribution in [0.3, 0.4) is 0 Å². The molecule has 7 N–H and O–H groups in total. The summed E-state index contributed by atoms with van der Waals surface area (Å²) >= 11 is 5.83. The maximum Gasteiger partial charge on any atom is 0.262 e. The van der Waals surface area contributed by atoms with Crippen molar-refractivity contribution in [2.75, 3.05) is 22.3 Å². The molecule has 212 valence electrons. The molecule has 41 heavy (non-hydrogen) atoms. The SMILES string of the molecule is NC(=O)c1cc(S(=O)(=O)Nc2ccc(CCCNc3cc(N)n4nc(-c5ccco5)nc4n3)cc2F)cc(Cl)c1O. The van der Waals surface area contributed by atoms with Crippen molar-refractivity contribution in [3.05, 3.63) is 76.8 Å². The Labute approximate surface area is 237 Å². The van der Waals surface area contributed by atoms with Gasteiger partial charge in [-0.2, -0.15) is 14.5 Å². The lowest BCUT2D eigenvalue weighted by Gasteiger charge is -2.12. The van der Waals surface area contributed by atoms with Gasteiger partial charge in [-0.05, 0) is 54.8 Å². The molecular formula is C25H22ClFN8O5S. The lowest BCUT2D eigenvalue weighted by atomic mass is 10.1. The third-order valence-electron chi connectivity index (χ3n) is 5.92. The molecule has 0 aliphatic carbocycles. The quantitative estimate of drug-likeness (QED) is 0.148. The van der Waals surface area contributed by atoms with Gasteiger partial charge in [0.2, 0.25) is 5.82 Å². The van der Waals surface area contributed by atoms with Crippen LogP contribution in [0, 0.1) is 5.82 Å². The number of aryl methyl sites for hydroxylation is 1. The second kappa shape index (κ2) is 10.9. The van der Waals surface area contributed by atoms with E-state index < -0.39 is 43.0 Å². The second-order valence-electron chi connectivity index (χ2n) is 8.81. The largest absolute Gasteiger partial charge is 0.506 e. The normalized spacial score (nSPS) is 11.6. The molecule has 0 atom stereocenters. The number of phenols is 1. The summed E-state index contributed by atoms with van der Waals surface area (Å²) in [5, 5.41) is 16.9. The lowest BCUT2D eigenvalue weighted by molar-refractivity contribution is 0.0997. The smallest absolute Gasteiger partial charge is 0.262 e. The summed E-state index contributed by atoms with van der Waals surface area (Å²) in [5.74, 6) is -0.609. The minimum Gasteiger partial charge on any atom is -0.506 e. The van der Waals surface area contributed by atoms with Gasteiger partial charge in [-0.15, -0.1) is 5.10 Å². The molecule has 3 heterocycles. The summed E-state index contributed by atoms with van der Waals surface area (Å²) in [6.45, 7) is 0.474. The number of carbonyl (C=O) groups excluding carboxylic acids is 1. The molecule has 3 aromatic heterocycles. The molecule has 1 amide bonds. The molecule has 0 saturated heterocycles. The van der Waals surface area contributed by atoms with Crippen molar-refractivity contribution in [1.29, 1.82) is 0 Å². The Morgan fingerprint density at radius 2 is 1.98 bits per heavy atom. The number of benzene rings is 2. The number of halogens is 2. The fourth-order valence-corrected chi connectivity index (χ4v) is 5.32. The topological polar surface area (TPSA) is 204 Å². The fraction of sp³-hybridized carbons (Fsp3) is 0.120. The highest BCUT2D eigenvalue weighted by atomic mass is 35.5. The van der Waals surface area contributed by atoms with Crippen LogP contribution in [-0.2, 0) is 16.4 Å².